The minimum Gasteiger partial charge on any atom is -0.375 e. The van der Waals surface area contributed by atoms with Gasteiger partial charge < -0.3 is 14.2 Å². The molecule has 3 aromatic rings. The lowest BCUT2D eigenvalue weighted by molar-refractivity contribution is 0.0625. The number of hydrogen-bond acceptors (Lipinski definition) is 4. The number of carbonyl (C=O) groups excluding carboxylic acids is 1. The third-order valence-corrected chi connectivity index (χ3v) is 5.05. The van der Waals surface area contributed by atoms with E-state index in [0.29, 0.717) is 25.5 Å². The summed E-state index contributed by atoms with van der Waals surface area (Å²) in [6.45, 7) is 6.58. The Morgan fingerprint density at radius 1 is 1.31 bits per heavy atom. The van der Waals surface area contributed by atoms with Gasteiger partial charge in [0.15, 0.2) is 5.69 Å². The zero-order valence-electron chi connectivity index (χ0n) is 15.3. The summed E-state index contributed by atoms with van der Waals surface area (Å²) in [5, 5.41) is 5.37. The van der Waals surface area contributed by atoms with Gasteiger partial charge in [0.2, 0.25) is 0 Å². The van der Waals surface area contributed by atoms with E-state index in [1.165, 1.54) is 0 Å². The minimum atomic E-state index is -0.104. The summed E-state index contributed by atoms with van der Waals surface area (Å²) >= 11 is 0. The van der Waals surface area contributed by atoms with Crippen LogP contribution in [0.15, 0.2) is 30.5 Å². The number of rotatable bonds is 4. The molecule has 2 aromatic heterocycles. The highest BCUT2D eigenvalue weighted by Gasteiger charge is 2.32. The van der Waals surface area contributed by atoms with E-state index in [1.807, 2.05) is 56.3 Å². The molecule has 1 unspecified atom stereocenters. The number of aryl methyl sites for hydroxylation is 1. The lowest BCUT2D eigenvalue weighted by atomic mass is 10.1. The quantitative estimate of drug-likeness (QED) is 0.723. The lowest BCUT2D eigenvalue weighted by Crippen LogP contribution is -2.41. The van der Waals surface area contributed by atoms with Crippen molar-refractivity contribution in [2.75, 3.05) is 13.2 Å². The molecule has 7 heteroatoms. The number of hydrogen-bond donors (Lipinski definition) is 0. The first-order valence-electron chi connectivity index (χ1n) is 8.96. The zero-order valence-corrected chi connectivity index (χ0v) is 15.3. The second kappa shape index (κ2) is 6.57. The molecule has 1 aliphatic heterocycles. The first kappa shape index (κ1) is 16.8. The minimum absolute atomic E-state index is 0.0464. The molecule has 1 amide bonds. The number of carbonyl (C=O) groups is 1. The van der Waals surface area contributed by atoms with Gasteiger partial charge in [-0.15, -0.1) is 0 Å². The summed E-state index contributed by atoms with van der Waals surface area (Å²) in [5.41, 5.74) is 2.52. The summed E-state index contributed by atoms with van der Waals surface area (Å²) in [7, 11) is 1.87. The van der Waals surface area contributed by atoms with Crippen molar-refractivity contribution in [3.63, 3.8) is 0 Å². The van der Waals surface area contributed by atoms with E-state index in [4.69, 9.17) is 4.74 Å². The fourth-order valence-corrected chi connectivity index (χ4v) is 3.67. The van der Waals surface area contributed by atoms with E-state index < -0.39 is 0 Å². The van der Waals surface area contributed by atoms with Crippen LogP contribution in [0.2, 0.25) is 0 Å². The van der Waals surface area contributed by atoms with E-state index in [1.54, 1.807) is 4.68 Å². The number of ether oxygens (including phenoxy) is 1. The summed E-state index contributed by atoms with van der Waals surface area (Å²) in [6, 6.07) is 7.72. The second-order valence-electron chi connectivity index (χ2n) is 6.56. The Bertz CT molecular complexity index is 958. The van der Waals surface area contributed by atoms with Crippen LogP contribution < -0.4 is 0 Å². The van der Waals surface area contributed by atoms with Crippen LogP contribution in [0.4, 0.5) is 0 Å². The smallest absolute Gasteiger partial charge is 0.275 e. The Balaban J connectivity index is 1.64. The van der Waals surface area contributed by atoms with Crippen LogP contribution >= 0.6 is 0 Å². The molecule has 1 atom stereocenters. The molecule has 1 aromatic carbocycles. The van der Waals surface area contributed by atoms with E-state index >= 15 is 0 Å². The molecule has 7 nitrogen and oxygen atoms in total. The van der Waals surface area contributed by atoms with Crippen molar-refractivity contribution < 1.29 is 9.53 Å². The maximum absolute atomic E-state index is 13.2. The molecule has 26 heavy (non-hydrogen) atoms. The van der Waals surface area contributed by atoms with Gasteiger partial charge in [0.05, 0.1) is 30.1 Å². The predicted molar refractivity (Wildman–Crippen MR) is 97.7 cm³/mol. The Hall–Kier alpha value is -2.67. The molecule has 4 rings (SSSR count). The molecular formula is C19H23N5O2. The van der Waals surface area contributed by atoms with Gasteiger partial charge in [0, 0.05) is 32.1 Å². The predicted octanol–water partition coefficient (Wildman–Crippen LogP) is 2.52. The third kappa shape index (κ3) is 2.59. The van der Waals surface area contributed by atoms with Crippen LogP contribution in [0, 0.1) is 0 Å². The van der Waals surface area contributed by atoms with Crippen molar-refractivity contribution >= 4 is 16.8 Å². The number of amides is 1. The molecule has 1 aliphatic rings. The summed E-state index contributed by atoms with van der Waals surface area (Å²) in [6.07, 6.45) is 1.85. The van der Waals surface area contributed by atoms with Gasteiger partial charge in [-0.2, -0.15) is 5.10 Å². The maximum atomic E-state index is 13.2. The Kier molecular flexibility index (Phi) is 4.24. The maximum Gasteiger partial charge on any atom is 0.275 e. The first-order valence-corrected chi connectivity index (χ1v) is 8.96. The van der Waals surface area contributed by atoms with E-state index in [2.05, 4.69) is 14.6 Å². The molecule has 0 saturated carbocycles. The van der Waals surface area contributed by atoms with Crippen molar-refractivity contribution in [1.82, 2.24) is 24.2 Å². The van der Waals surface area contributed by atoms with Gasteiger partial charge in [-0.05, 0) is 19.9 Å². The molecule has 0 fully saturated rings. The monoisotopic (exact) mass is 353 g/mol. The number of fused-ring (bicyclic) bond motifs is 2. The molecule has 3 heterocycles. The van der Waals surface area contributed by atoms with Gasteiger partial charge in [-0.1, -0.05) is 18.2 Å². The van der Waals surface area contributed by atoms with Gasteiger partial charge in [-0.3, -0.25) is 9.48 Å². The van der Waals surface area contributed by atoms with Crippen LogP contribution in [-0.2, 0) is 24.9 Å². The number of benzene rings is 1. The first-order chi connectivity index (χ1) is 12.6. The summed E-state index contributed by atoms with van der Waals surface area (Å²) in [5.74, 6) is 0.856. The Labute approximate surface area is 152 Å². The summed E-state index contributed by atoms with van der Waals surface area (Å²) < 4.78 is 9.45. The molecule has 0 aliphatic carbocycles. The molecule has 0 saturated heterocycles. The van der Waals surface area contributed by atoms with E-state index in [9.17, 15) is 4.79 Å². The Morgan fingerprint density at radius 3 is 2.92 bits per heavy atom. The lowest BCUT2D eigenvalue weighted by Gasteiger charge is -2.34. The SMILES string of the molecule is CCOCc1cnc2n1CCN(C(=O)c1nn(C)c3ccccc13)C2C. The molecule has 136 valence electrons. The highest BCUT2D eigenvalue weighted by molar-refractivity contribution is 6.05. The summed E-state index contributed by atoms with van der Waals surface area (Å²) in [4.78, 5) is 19.6. The van der Waals surface area contributed by atoms with Gasteiger partial charge >= 0.3 is 0 Å². The van der Waals surface area contributed by atoms with Crippen molar-refractivity contribution in [3.8, 4) is 0 Å². The molecule has 0 bridgehead atoms. The highest BCUT2D eigenvalue weighted by atomic mass is 16.5. The van der Waals surface area contributed by atoms with Crippen LogP contribution in [-0.4, -0.2) is 43.3 Å². The van der Waals surface area contributed by atoms with Gasteiger partial charge in [-0.25, -0.2) is 4.98 Å². The van der Waals surface area contributed by atoms with E-state index in [0.717, 1.165) is 29.0 Å². The number of aromatic nitrogens is 4. The molecular weight excluding hydrogens is 330 g/mol. The molecule has 0 N–H and O–H groups in total. The molecule has 0 spiro atoms. The fourth-order valence-electron chi connectivity index (χ4n) is 3.67. The number of imidazole rings is 1. The van der Waals surface area contributed by atoms with Gasteiger partial charge in [0.1, 0.15) is 5.82 Å². The van der Waals surface area contributed by atoms with Crippen molar-refractivity contribution in [2.45, 2.75) is 33.0 Å². The standard InChI is InChI=1S/C19H23N5O2/c1-4-26-12-14-11-20-18-13(2)23(9-10-24(14)18)19(25)17-15-7-5-6-8-16(15)22(3)21-17/h5-8,11,13H,4,9-10,12H2,1-3H3. The topological polar surface area (TPSA) is 65.2 Å². The van der Waals surface area contributed by atoms with E-state index in [-0.39, 0.29) is 11.9 Å². The van der Waals surface area contributed by atoms with Crippen LogP contribution in [0.1, 0.15) is 41.9 Å². The van der Waals surface area contributed by atoms with Crippen LogP contribution in [0.3, 0.4) is 0 Å². The van der Waals surface area contributed by atoms with Crippen LogP contribution in [0.5, 0.6) is 0 Å². The molecule has 0 radical (unpaired) electrons. The van der Waals surface area contributed by atoms with Gasteiger partial charge in [0.25, 0.3) is 5.91 Å². The average Bonchev–Trinajstić information content (AvgIpc) is 3.22. The number of para-hydroxylation sites is 1. The van der Waals surface area contributed by atoms with Crippen LogP contribution in [0.25, 0.3) is 10.9 Å². The Morgan fingerprint density at radius 2 is 2.12 bits per heavy atom. The fraction of sp³-hybridized carbons (Fsp3) is 0.421. The highest BCUT2D eigenvalue weighted by Crippen LogP contribution is 2.28. The second-order valence-corrected chi connectivity index (χ2v) is 6.56. The normalized spacial score (nSPS) is 16.9. The van der Waals surface area contributed by atoms with Crippen molar-refractivity contribution in [1.29, 1.82) is 0 Å². The van der Waals surface area contributed by atoms with Crippen molar-refractivity contribution in [3.05, 3.63) is 47.7 Å². The van der Waals surface area contributed by atoms with Crippen molar-refractivity contribution in [2.24, 2.45) is 7.05 Å². The average molecular weight is 353 g/mol. The third-order valence-electron chi connectivity index (χ3n) is 5.05. The largest absolute Gasteiger partial charge is 0.375 e. The zero-order chi connectivity index (χ0) is 18.3. The number of nitrogens with zero attached hydrogens (tertiary/aromatic N) is 5.